The van der Waals surface area contributed by atoms with Gasteiger partial charge in [0.1, 0.15) is 5.69 Å². The van der Waals surface area contributed by atoms with Gasteiger partial charge < -0.3 is 20.4 Å². The van der Waals surface area contributed by atoms with Crippen LogP contribution in [0.5, 0.6) is 0 Å². The normalized spacial score (nSPS) is 14.5. The van der Waals surface area contributed by atoms with E-state index < -0.39 is 0 Å². The predicted octanol–water partition coefficient (Wildman–Crippen LogP) is 3.74. The quantitative estimate of drug-likeness (QED) is 0.385. The molecule has 0 saturated carbocycles. The van der Waals surface area contributed by atoms with Crippen LogP contribution in [0.25, 0.3) is 22.6 Å². The number of benzene rings is 2. The summed E-state index contributed by atoms with van der Waals surface area (Å²) in [5.74, 6) is 0.617. The van der Waals surface area contributed by atoms with Gasteiger partial charge in [0, 0.05) is 25.3 Å². The molecule has 32 heavy (non-hydrogen) atoms. The van der Waals surface area contributed by atoms with E-state index >= 15 is 0 Å². The second-order valence-corrected chi connectivity index (χ2v) is 7.93. The Morgan fingerprint density at radius 1 is 1.12 bits per heavy atom. The molecule has 9 nitrogen and oxygen atoms in total. The van der Waals surface area contributed by atoms with Crippen molar-refractivity contribution >= 4 is 28.4 Å². The highest BCUT2D eigenvalue weighted by atomic mass is 16.5. The Kier molecular flexibility index (Phi) is 5.57. The van der Waals surface area contributed by atoms with Crippen LogP contribution in [0.15, 0.2) is 48.7 Å². The maximum Gasteiger partial charge on any atom is 0.323 e. The molecule has 3 heterocycles. The molecule has 0 radical (unpaired) electrons. The Bertz CT molecular complexity index is 1220. The van der Waals surface area contributed by atoms with E-state index in [0.29, 0.717) is 17.2 Å². The topological polar surface area (TPSA) is 111 Å². The SMILES string of the molecule is Cc1ccc(NC(=O)Nc2cn[nH]c2-c2nc3ccc(CN4CCOCC4)cc3[nH]2)cc1. The van der Waals surface area contributed by atoms with Crippen molar-refractivity contribution in [1.82, 2.24) is 25.1 Å². The average Bonchev–Trinajstić information content (AvgIpc) is 3.42. The van der Waals surface area contributed by atoms with Crippen LogP contribution in [-0.2, 0) is 11.3 Å². The van der Waals surface area contributed by atoms with Gasteiger partial charge in [0.2, 0.25) is 0 Å². The van der Waals surface area contributed by atoms with E-state index in [1.807, 2.05) is 37.3 Å². The number of nitrogens with zero attached hydrogens (tertiary/aromatic N) is 3. The summed E-state index contributed by atoms with van der Waals surface area (Å²) in [4.78, 5) is 22.8. The minimum absolute atomic E-state index is 0.347. The van der Waals surface area contributed by atoms with E-state index in [4.69, 9.17) is 4.74 Å². The van der Waals surface area contributed by atoms with Crippen molar-refractivity contribution in [2.45, 2.75) is 13.5 Å². The molecule has 1 saturated heterocycles. The summed E-state index contributed by atoms with van der Waals surface area (Å²) >= 11 is 0. The van der Waals surface area contributed by atoms with Crippen LogP contribution < -0.4 is 10.6 Å². The number of imidazole rings is 1. The molecule has 2 aromatic carbocycles. The zero-order chi connectivity index (χ0) is 21.9. The number of ether oxygens (including phenoxy) is 1. The third-order valence-corrected chi connectivity index (χ3v) is 5.49. The number of amides is 2. The number of hydrogen-bond acceptors (Lipinski definition) is 5. The van der Waals surface area contributed by atoms with E-state index in [9.17, 15) is 4.79 Å². The number of aromatic nitrogens is 4. The second kappa shape index (κ2) is 8.81. The van der Waals surface area contributed by atoms with Gasteiger partial charge in [-0.1, -0.05) is 23.8 Å². The number of nitrogens with one attached hydrogen (secondary N) is 4. The fourth-order valence-corrected chi connectivity index (χ4v) is 3.77. The summed E-state index contributed by atoms with van der Waals surface area (Å²) in [6, 6.07) is 13.5. The molecule has 1 aliphatic heterocycles. The summed E-state index contributed by atoms with van der Waals surface area (Å²) < 4.78 is 5.43. The summed E-state index contributed by atoms with van der Waals surface area (Å²) in [6.45, 7) is 6.33. The molecular weight excluding hydrogens is 406 g/mol. The van der Waals surface area contributed by atoms with Crippen LogP contribution in [0.4, 0.5) is 16.2 Å². The highest BCUT2D eigenvalue weighted by molar-refractivity contribution is 6.01. The number of rotatable bonds is 5. The monoisotopic (exact) mass is 431 g/mol. The largest absolute Gasteiger partial charge is 0.379 e. The van der Waals surface area contributed by atoms with E-state index in [0.717, 1.165) is 55.1 Å². The molecule has 4 N–H and O–H groups in total. The first-order chi connectivity index (χ1) is 15.6. The lowest BCUT2D eigenvalue weighted by Gasteiger charge is -2.26. The van der Waals surface area contributed by atoms with E-state index in [-0.39, 0.29) is 6.03 Å². The van der Waals surface area contributed by atoms with Gasteiger partial charge in [-0.3, -0.25) is 10.00 Å². The van der Waals surface area contributed by atoms with Gasteiger partial charge in [-0.25, -0.2) is 9.78 Å². The first kappa shape index (κ1) is 20.2. The van der Waals surface area contributed by atoms with E-state index in [1.165, 1.54) is 5.56 Å². The highest BCUT2D eigenvalue weighted by Crippen LogP contribution is 2.26. The Balaban J connectivity index is 1.31. The zero-order valence-electron chi connectivity index (χ0n) is 17.8. The fraction of sp³-hybridized carbons (Fsp3) is 0.261. The average molecular weight is 432 g/mol. The van der Waals surface area contributed by atoms with Crippen LogP contribution >= 0.6 is 0 Å². The summed E-state index contributed by atoms with van der Waals surface area (Å²) in [5.41, 5.74) is 6.03. The first-order valence-electron chi connectivity index (χ1n) is 10.6. The van der Waals surface area contributed by atoms with Crippen molar-refractivity contribution in [3.8, 4) is 11.5 Å². The molecule has 0 unspecified atom stereocenters. The molecule has 9 heteroatoms. The smallest absolute Gasteiger partial charge is 0.323 e. The molecule has 4 aromatic rings. The van der Waals surface area contributed by atoms with Gasteiger partial charge in [0.05, 0.1) is 36.1 Å². The Labute approximate surface area is 185 Å². The molecule has 0 bridgehead atoms. The number of anilines is 2. The highest BCUT2D eigenvalue weighted by Gasteiger charge is 2.16. The summed E-state index contributed by atoms with van der Waals surface area (Å²) in [7, 11) is 0. The van der Waals surface area contributed by atoms with Crippen molar-refractivity contribution in [3.63, 3.8) is 0 Å². The van der Waals surface area contributed by atoms with Crippen molar-refractivity contribution in [2.75, 3.05) is 36.9 Å². The molecule has 0 atom stereocenters. The third-order valence-electron chi connectivity index (χ3n) is 5.49. The predicted molar refractivity (Wildman–Crippen MR) is 124 cm³/mol. The number of hydrogen-bond donors (Lipinski definition) is 4. The second-order valence-electron chi connectivity index (χ2n) is 7.93. The summed E-state index contributed by atoms with van der Waals surface area (Å²) in [6.07, 6.45) is 1.57. The van der Waals surface area contributed by atoms with Gasteiger partial charge in [-0.15, -0.1) is 0 Å². The lowest BCUT2D eigenvalue weighted by molar-refractivity contribution is 0.0342. The number of morpholine rings is 1. The van der Waals surface area contributed by atoms with Crippen molar-refractivity contribution in [1.29, 1.82) is 0 Å². The van der Waals surface area contributed by atoms with Crippen LogP contribution in [0, 0.1) is 6.92 Å². The Morgan fingerprint density at radius 3 is 2.75 bits per heavy atom. The number of aromatic amines is 2. The van der Waals surface area contributed by atoms with E-state index in [2.05, 4.69) is 47.8 Å². The molecule has 2 amide bonds. The maximum atomic E-state index is 12.4. The number of urea groups is 1. The zero-order valence-corrected chi connectivity index (χ0v) is 17.8. The lowest BCUT2D eigenvalue weighted by Crippen LogP contribution is -2.35. The Morgan fingerprint density at radius 2 is 1.94 bits per heavy atom. The van der Waals surface area contributed by atoms with Crippen LogP contribution in [0.1, 0.15) is 11.1 Å². The van der Waals surface area contributed by atoms with Gasteiger partial charge >= 0.3 is 6.03 Å². The van der Waals surface area contributed by atoms with Crippen LogP contribution in [0.3, 0.4) is 0 Å². The number of aryl methyl sites for hydroxylation is 1. The number of carbonyl (C=O) groups excluding carboxylic acids is 1. The number of fused-ring (bicyclic) bond motifs is 1. The van der Waals surface area contributed by atoms with E-state index in [1.54, 1.807) is 6.20 Å². The molecule has 5 rings (SSSR count). The van der Waals surface area contributed by atoms with Gasteiger partial charge in [-0.2, -0.15) is 5.10 Å². The minimum Gasteiger partial charge on any atom is -0.379 e. The van der Waals surface area contributed by atoms with Gasteiger partial charge in [0.15, 0.2) is 5.82 Å². The van der Waals surface area contributed by atoms with Crippen molar-refractivity contribution < 1.29 is 9.53 Å². The van der Waals surface area contributed by atoms with Crippen LogP contribution in [0.2, 0.25) is 0 Å². The fourth-order valence-electron chi connectivity index (χ4n) is 3.77. The van der Waals surface area contributed by atoms with Crippen molar-refractivity contribution in [3.05, 3.63) is 59.8 Å². The molecule has 0 spiro atoms. The molecule has 1 aliphatic rings. The Hall–Kier alpha value is -3.69. The first-order valence-corrected chi connectivity index (χ1v) is 10.6. The minimum atomic E-state index is -0.347. The molecule has 1 fully saturated rings. The lowest BCUT2D eigenvalue weighted by atomic mass is 10.2. The molecule has 164 valence electrons. The summed E-state index contributed by atoms with van der Waals surface area (Å²) in [5, 5.41) is 12.7. The number of carbonyl (C=O) groups is 1. The standard InChI is InChI=1S/C23H25N7O2/c1-15-2-5-17(6-3-15)25-23(31)28-20-13-24-29-21(20)22-26-18-7-4-16(12-19(18)27-22)14-30-8-10-32-11-9-30/h2-7,12-13H,8-11,14H2,1H3,(H,24,29)(H,26,27)(H2,25,28,31). The molecular formula is C23H25N7O2. The van der Waals surface area contributed by atoms with Gasteiger partial charge in [0.25, 0.3) is 0 Å². The van der Waals surface area contributed by atoms with Crippen LogP contribution in [-0.4, -0.2) is 57.4 Å². The van der Waals surface area contributed by atoms with Crippen molar-refractivity contribution in [2.24, 2.45) is 0 Å². The third kappa shape index (κ3) is 4.48. The molecule has 0 aliphatic carbocycles. The number of H-pyrrole nitrogens is 2. The molecule has 2 aromatic heterocycles. The maximum absolute atomic E-state index is 12.4. The van der Waals surface area contributed by atoms with Gasteiger partial charge in [-0.05, 0) is 36.8 Å².